The smallest absolute Gasteiger partial charge is 0.324 e. The molecule has 32 heteroatoms. The van der Waals surface area contributed by atoms with Crippen LogP contribution in [0.3, 0.4) is 0 Å². The van der Waals surface area contributed by atoms with Gasteiger partial charge in [-0.25, -0.2) is 73.5 Å². The van der Waals surface area contributed by atoms with Gasteiger partial charge in [0.2, 0.25) is 0 Å². The maximum absolute atomic E-state index is 11.9. The van der Waals surface area contributed by atoms with Crippen molar-refractivity contribution in [2.24, 2.45) is 0 Å². The summed E-state index contributed by atoms with van der Waals surface area (Å²) in [5.41, 5.74) is 30.8. The highest BCUT2D eigenvalue weighted by Gasteiger charge is 2.15. The number of hydrogen-bond donors (Lipinski definition) is 8. The van der Waals surface area contributed by atoms with Crippen molar-refractivity contribution < 1.29 is 9.59 Å². The summed E-state index contributed by atoms with van der Waals surface area (Å²) >= 11 is 4.45. The summed E-state index contributed by atoms with van der Waals surface area (Å²) in [5, 5.41) is 46.8. The topological polar surface area (TPSA) is 410 Å². The molecule has 3 aromatic carbocycles. The summed E-state index contributed by atoms with van der Waals surface area (Å²) in [6.45, 7) is 0. The van der Waals surface area contributed by atoms with E-state index in [2.05, 4.69) is 97.6 Å². The van der Waals surface area contributed by atoms with E-state index in [1.165, 1.54) is 59.7 Å². The molecule has 14 aromatic rings. The van der Waals surface area contributed by atoms with Crippen LogP contribution < -0.4 is 44.2 Å². The number of nitrogens with zero attached hydrogens (tertiary/aromatic N) is 19. The molecule has 0 spiro atoms. The molecule has 0 unspecified atom stereocenters. The van der Waals surface area contributed by atoms with Gasteiger partial charge in [0, 0.05) is 29.0 Å². The zero-order valence-electron chi connectivity index (χ0n) is 44.5. The van der Waals surface area contributed by atoms with Crippen LogP contribution in [0.15, 0.2) is 175 Å². The Kier molecular flexibility index (Phi) is 16.5. The highest BCUT2D eigenvalue weighted by Crippen LogP contribution is 2.25. The van der Waals surface area contributed by atoms with Gasteiger partial charge in [-0.05, 0) is 108 Å². The van der Waals surface area contributed by atoms with Crippen molar-refractivity contribution in [1.29, 1.82) is 5.26 Å². The average molecular weight is 1200 g/mol. The number of thiophene rings is 2. The Morgan fingerprint density at radius 1 is 0.500 bits per heavy atom. The summed E-state index contributed by atoms with van der Waals surface area (Å²) in [7, 11) is 0. The number of amides is 4. The standard InChI is InChI=1S/2C16H13N7OS.C12H8N6.C10H9N7S/c17-14-13-7-20-23(15(13)19-9-18-14)12-3-1-10(2-4-12)21-16(24)22-11-5-6-25-8-11;17-14-12-8-20-23(15(12)19-9-18-14)11-5-3-10(4-6-11)21-16(24)22-13-2-1-7-25-13;13-5-8-1-3-9(4-2-8)18-12-10(6-17-18)11(14)15-7-16-12;1-18-10-12-3-2-7(16-10)17-9-6(4-15-17)8(11)13-5-14-9/h2*1-9H,(H2,17,18,19)(H2,21,22,24);1-4,6-7H,(H2,14,15,16);2-5H,1H3,(H2,11,13,14). The van der Waals surface area contributed by atoms with E-state index < -0.39 is 0 Å². The summed E-state index contributed by atoms with van der Waals surface area (Å²) in [6.07, 6.45) is 15.7. The Morgan fingerprint density at radius 2 is 0.930 bits per heavy atom. The number of aromatic nitrogens is 18. The van der Waals surface area contributed by atoms with E-state index in [-0.39, 0.29) is 12.1 Å². The van der Waals surface area contributed by atoms with Crippen molar-refractivity contribution in [2.75, 3.05) is 50.5 Å². The highest BCUT2D eigenvalue weighted by molar-refractivity contribution is 7.98. The van der Waals surface area contributed by atoms with E-state index in [1.807, 2.05) is 77.0 Å². The molecule has 29 nitrogen and oxygen atoms in total. The number of nitrogen functional groups attached to an aromatic ring is 4. The molecular formula is C54H43N27O2S3. The molecule has 11 aromatic heterocycles. The first kappa shape index (κ1) is 55.8. The monoisotopic (exact) mass is 1200 g/mol. The second-order valence-electron chi connectivity index (χ2n) is 17.5. The molecule has 14 rings (SSSR count). The van der Waals surface area contributed by atoms with E-state index >= 15 is 0 Å². The largest absolute Gasteiger partial charge is 0.383 e. The normalized spacial score (nSPS) is 10.7. The minimum atomic E-state index is -0.295. The predicted molar refractivity (Wildman–Crippen MR) is 330 cm³/mol. The number of anilines is 8. The van der Waals surface area contributed by atoms with Crippen molar-refractivity contribution in [2.45, 2.75) is 5.16 Å². The minimum Gasteiger partial charge on any atom is -0.383 e. The van der Waals surface area contributed by atoms with Crippen molar-refractivity contribution in [1.82, 2.24) is 89.0 Å². The average Bonchev–Trinajstić information content (AvgIpc) is 3.22. The second-order valence-corrected chi connectivity index (χ2v) is 20.0. The van der Waals surface area contributed by atoms with E-state index in [0.717, 1.165) is 27.8 Å². The van der Waals surface area contributed by atoms with Crippen LogP contribution >= 0.6 is 34.4 Å². The fourth-order valence-electron chi connectivity index (χ4n) is 8.03. The molecule has 0 saturated carbocycles. The van der Waals surface area contributed by atoms with Crippen LogP contribution in [0.25, 0.3) is 67.0 Å². The molecule has 0 aliphatic heterocycles. The minimum absolute atomic E-state index is 0.291. The summed E-state index contributed by atoms with van der Waals surface area (Å²) < 4.78 is 6.62. The molecule has 11 heterocycles. The first-order valence-corrected chi connectivity index (χ1v) is 28.1. The third-order valence-electron chi connectivity index (χ3n) is 12.1. The maximum atomic E-state index is 11.9. The van der Waals surface area contributed by atoms with Gasteiger partial charge in [0.05, 0.1) is 85.7 Å². The predicted octanol–water partition coefficient (Wildman–Crippen LogP) is 8.39. The molecule has 0 saturated heterocycles. The Labute approximate surface area is 496 Å². The lowest BCUT2D eigenvalue weighted by Crippen LogP contribution is -2.18. The fourth-order valence-corrected chi connectivity index (χ4v) is 9.58. The second kappa shape index (κ2) is 25.4. The number of nitrogens with one attached hydrogen (secondary N) is 4. The molecule has 0 aliphatic carbocycles. The van der Waals surface area contributed by atoms with Crippen molar-refractivity contribution in [3.05, 3.63) is 175 Å². The van der Waals surface area contributed by atoms with Crippen LogP contribution in [0.1, 0.15) is 5.56 Å². The first-order valence-electron chi connectivity index (χ1n) is 25.1. The molecule has 4 amide bonds. The van der Waals surface area contributed by atoms with Crippen LogP contribution in [-0.4, -0.2) is 107 Å². The maximum Gasteiger partial charge on any atom is 0.324 e. The fraction of sp³-hybridized carbons (Fsp3) is 0.0185. The molecule has 12 N–H and O–H groups in total. The first-order chi connectivity index (χ1) is 42.0. The van der Waals surface area contributed by atoms with Gasteiger partial charge in [-0.3, -0.25) is 5.32 Å². The van der Waals surface area contributed by atoms with Gasteiger partial charge in [0.1, 0.15) is 48.6 Å². The van der Waals surface area contributed by atoms with Gasteiger partial charge < -0.3 is 38.9 Å². The number of hydrogen-bond acceptors (Lipinski definition) is 24. The van der Waals surface area contributed by atoms with Gasteiger partial charge in [0.15, 0.2) is 33.6 Å². The molecule has 0 fully saturated rings. The number of carbonyl (C=O) groups excluding carboxylic acids is 2. The lowest BCUT2D eigenvalue weighted by atomic mass is 10.2. The molecule has 86 heavy (non-hydrogen) atoms. The molecule has 0 atom stereocenters. The zero-order valence-corrected chi connectivity index (χ0v) is 47.0. The van der Waals surface area contributed by atoms with Gasteiger partial charge in [-0.2, -0.15) is 41.7 Å². The van der Waals surface area contributed by atoms with Gasteiger partial charge in [-0.1, -0.05) is 11.8 Å². The van der Waals surface area contributed by atoms with Crippen LogP contribution in [0, 0.1) is 11.3 Å². The number of carbonyl (C=O) groups is 2. The van der Waals surface area contributed by atoms with Crippen LogP contribution in [0.4, 0.5) is 54.9 Å². The summed E-state index contributed by atoms with van der Waals surface area (Å²) in [5.74, 6) is 2.24. The third kappa shape index (κ3) is 12.5. The number of nitrogens with two attached hydrogens (primary N) is 4. The molecule has 424 valence electrons. The van der Waals surface area contributed by atoms with E-state index in [0.29, 0.717) is 95.3 Å². The van der Waals surface area contributed by atoms with Crippen LogP contribution in [-0.2, 0) is 0 Å². The van der Waals surface area contributed by atoms with E-state index in [4.69, 9.17) is 28.2 Å². The molecule has 0 radical (unpaired) electrons. The van der Waals surface area contributed by atoms with Gasteiger partial charge >= 0.3 is 12.1 Å². The van der Waals surface area contributed by atoms with Crippen molar-refractivity contribution in [3.63, 3.8) is 0 Å². The third-order valence-corrected chi connectivity index (χ3v) is 14.2. The van der Waals surface area contributed by atoms with Gasteiger partial charge in [-0.15, -0.1) is 11.3 Å². The van der Waals surface area contributed by atoms with E-state index in [1.54, 1.807) is 92.2 Å². The Morgan fingerprint density at radius 3 is 1.35 bits per heavy atom. The highest BCUT2D eigenvalue weighted by atomic mass is 32.2. The number of benzene rings is 3. The number of urea groups is 2. The number of rotatable bonds is 9. The Balaban J connectivity index is 0.000000121. The molecule has 0 bridgehead atoms. The molecule has 0 aliphatic rings. The van der Waals surface area contributed by atoms with Gasteiger partial charge in [0.25, 0.3) is 0 Å². The van der Waals surface area contributed by atoms with Crippen molar-refractivity contribution in [3.8, 4) is 28.9 Å². The lowest BCUT2D eigenvalue weighted by molar-refractivity contribution is 0.261. The Hall–Kier alpha value is -12.1. The lowest BCUT2D eigenvalue weighted by Gasteiger charge is -2.08. The summed E-state index contributed by atoms with van der Waals surface area (Å²) in [4.78, 5) is 64.9. The SMILES string of the molecule is CSc1nccc(-n2ncc3c(N)ncnc32)n1.N#Cc1ccc(-n2ncc3c(N)ncnc32)cc1.Nc1ncnc2c1cnn2-c1ccc(NC(=O)Nc2cccs2)cc1.Nc1ncnc2c1cnn2-c1ccc(NC(=O)Nc2ccsc2)cc1. The number of nitriles is 1. The number of thioether (sulfide) groups is 1. The number of fused-ring (bicyclic) bond motifs is 4. The van der Waals surface area contributed by atoms with Crippen molar-refractivity contribution >= 4 is 136 Å². The Bertz CT molecular complexity index is 4530. The quantitative estimate of drug-likeness (QED) is 0.0496. The van der Waals surface area contributed by atoms with Crippen LogP contribution in [0.5, 0.6) is 0 Å². The zero-order chi connectivity index (χ0) is 59.5. The van der Waals surface area contributed by atoms with E-state index in [9.17, 15) is 9.59 Å². The summed E-state index contributed by atoms with van der Waals surface area (Å²) in [6, 6.07) is 30.4. The van der Waals surface area contributed by atoms with Crippen LogP contribution in [0.2, 0.25) is 0 Å². The molecular weight excluding hydrogens is 1150 g/mol.